The van der Waals surface area contributed by atoms with Crippen LogP contribution in [0.15, 0.2) is 57.5 Å². The highest BCUT2D eigenvalue weighted by Gasteiger charge is 2.33. The number of aryl methyl sites for hydroxylation is 1. The monoisotopic (exact) mass is 662 g/mol. The number of allylic oxidation sites excluding steroid dienone is 1. The molecule has 4 rings (SSSR count). The molecule has 204 valence electrons. The Bertz CT molecular complexity index is 1640. The van der Waals surface area contributed by atoms with E-state index in [4.69, 9.17) is 19.3 Å². The van der Waals surface area contributed by atoms with E-state index in [-0.39, 0.29) is 12.2 Å². The molecule has 1 aromatic heterocycles. The first-order valence-corrected chi connectivity index (χ1v) is 14.1. The van der Waals surface area contributed by atoms with Gasteiger partial charge in [-0.3, -0.25) is 9.36 Å². The van der Waals surface area contributed by atoms with Crippen LogP contribution in [-0.2, 0) is 14.3 Å². The van der Waals surface area contributed by atoms with Crippen molar-refractivity contribution in [2.45, 2.75) is 33.7 Å². The molecule has 0 bridgehead atoms. The number of ether oxygens (including phenoxy) is 3. The van der Waals surface area contributed by atoms with Crippen LogP contribution in [0.4, 0.5) is 0 Å². The standard InChI is InChI=1S/C28H27IN2O7S/c1-5-36-20-12-17(11-19(29)25(20)38-14-22(32)33)13-21-26(34)31-24(18-9-7-15(3)8-10-18)23(27(35)37-6-2)16(4)30-28(31)39-21/h7-13,24H,5-6,14H2,1-4H3,(H,32,33)/b21-13+/t24-/m0/s1. The summed E-state index contributed by atoms with van der Waals surface area (Å²) in [5.74, 6) is -0.902. The Morgan fingerprint density at radius 3 is 2.49 bits per heavy atom. The number of hydrogen-bond donors (Lipinski definition) is 1. The van der Waals surface area contributed by atoms with Crippen LogP contribution in [0.3, 0.4) is 0 Å². The fraction of sp³-hybridized carbons (Fsp3) is 0.286. The van der Waals surface area contributed by atoms with Gasteiger partial charge in [0, 0.05) is 0 Å². The van der Waals surface area contributed by atoms with E-state index < -0.39 is 24.6 Å². The highest BCUT2D eigenvalue weighted by molar-refractivity contribution is 14.1. The van der Waals surface area contributed by atoms with Crippen LogP contribution in [0.25, 0.3) is 6.08 Å². The van der Waals surface area contributed by atoms with E-state index in [2.05, 4.69) is 4.99 Å². The minimum absolute atomic E-state index is 0.202. The van der Waals surface area contributed by atoms with Crippen LogP contribution in [0.5, 0.6) is 11.5 Å². The lowest BCUT2D eigenvalue weighted by Crippen LogP contribution is -2.39. The van der Waals surface area contributed by atoms with Gasteiger partial charge in [-0.25, -0.2) is 14.6 Å². The summed E-state index contributed by atoms with van der Waals surface area (Å²) in [6.45, 7) is 7.31. The zero-order valence-electron chi connectivity index (χ0n) is 21.8. The first-order chi connectivity index (χ1) is 18.6. The Morgan fingerprint density at radius 1 is 1.13 bits per heavy atom. The Labute approximate surface area is 242 Å². The lowest BCUT2D eigenvalue weighted by Gasteiger charge is -2.24. The summed E-state index contributed by atoms with van der Waals surface area (Å²) in [7, 11) is 0. The lowest BCUT2D eigenvalue weighted by atomic mass is 9.95. The van der Waals surface area contributed by atoms with E-state index >= 15 is 0 Å². The summed E-state index contributed by atoms with van der Waals surface area (Å²) in [6.07, 6.45) is 1.73. The van der Waals surface area contributed by atoms with Crippen molar-refractivity contribution in [2.75, 3.05) is 19.8 Å². The van der Waals surface area contributed by atoms with Crippen LogP contribution in [0, 0.1) is 10.5 Å². The first kappa shape index (κ1) is 28.6. The number of carbonyl (C=O) groups is 2. The van der Waals surface area contributed by atoms with Crippen LogP contribution >= 0.6 is 33.9 Å². The van der Waals surface area contributed by atoms with Gasteiger partial charge in [0.05, 0.1) is 38.6 Å². The molecule has 0 saturated heterocycles. The third-order valence-electron chi connectivity index (χ3n) is 5.88. The lowest BCUT2D eigenvalue weighted by molar-refractivity contribution is -0.140. The molecule has 11 heteroatoms. The number of fused-ring (bicyclic) bond motifs is 1. The maximum Gasteiger partial charge on any atom is 0.341 e. The largest absolute Gasteiger partial charge is 0.490 e. The Morgan fingerprint density at radius 2 is 1.85 bits per heavy atom. The van der Waals surface area contributed by atoms with E-state index in [9.17, 15) is 14.4 Å². The molecule has 0 saturated carbocycles. The van der Waals surface area contributed by atoms with E-state index in [1.165, 1.54) is 11.3 Å². The molecule has 9 nitrogen and oxygen atoms in total. The van der Waals surface area contributed by atoms with E-state index in [1.807, 2.05) is 60.7 Å². The summed E-state index contributed by atoms with van der Waals surface area (Å²) in [6, 6.07) is 10.5. The number of halogens is 1. The average Bonchev–Trinajstić information content (AvgIpc) is 3.17. The van der Waals surface area contributed by atoms with Crippen molar-refractivity contribution in [3.05, 3.63) is 87.6 Å². The molecule has 0 aliphatic carbocycles. The van der Waals surface area contributed by atoms with Gasteiger partial charge in [-0.1, -0.05) is 41.2 Å². The maximum atomic E-state index is 13.8. The highest BCUT2D eigenvalue weighted by Crippen LogP contribution is 2.35. The second kappa shape index (κ2) is 12.2. The predicted octanol–water partition coefficient (Wildman–Crippen LogP) is 3.57. The van der Waals surface area contributed by atoms with Gasteiger partial charge in [-0.2, -0.15) is 0 Å². The van der Waals surface area contributed by atoms with Crippen LogP contribution in [0.2, 0.25) is 0 Å². The summed E-state index contributed by atoms with van der Waals surface area (Å²) in [5.41, 5.74) is 3.04. The number of hydrogen-bond acceptors (Lipinski definition) is 8. The number of aliphatic carboxylic acids is 1. The minimum atomic E-state index is -1.10. The number of nitrogens with zero attached hydrogens (tertiary/aromatic N) is 2. The molecule has 0 unspecified atom stereocenters. The van der Waals surface area contributed by atoms with E-state index in [0.717, 1.165) is 11.1 Å². The zero-order valence-corrected chi connectivity index (χ0v) is 24.8. The zero-order chi connectivity index (χ0) is 28.3. The molecule has 0 fully saturated rings. The molecule has 2 heterocycles. The van der Waals surface area contributed by atoms with Crippen molar-refractivity contribution in [1.82, 2.24) is 4.57 Å². The number of carboxylic acid groups (broad SMARTS) is 1. The van der Waals surface area contributed by atoms with Crippen LogP contribution < -0.4 is 24.4 Å². The molecule has 2 aromatic carbocycles. The number of thiazole rings is 1. The predicted molar refractivity (Wildman–Crippen MR) is 155 cm³/mol. The van der Waals surface area contributed by atoms with Crippen molar-refractivity contribution in [2.24, 2.45) is 4.99 Å². The van der Waals surface area contributed by atoms with Gasteiger partial charge in [0.1, 0.15) is 0 Å². The molecule has 1 N–H and O–H groups in total. The number of carbonyl (C=O) groups excluding carboxylic acids is 1. The highest BCUT2D eigenvalue weighted by atomic mass is 127. The van der Waals surface area contributed by atoms with Gasteiger partial charge in [-0.05, 0) is 79.6 Å². The molecule has 1 aliphatic heterocycles. The molecular formula is C28H27IN2O7S. The number of rotatable bonds is 9. The van der Waals surface area contributed by atoms with Crippen molar-refractivity contribution in [1.29, 1.82) is 0 Å². The van der Waals surface area contributed by atoms with E-state index in [0.29, 0.717) is 47.8 Å². The fourth-order valence-electron chi connectivity index (χ4n) is 4.22. The minimum Gasteiger partial charge on any atom is -0.490 e. The summed E-state index contributed by atoms with van der Waals surface area (Å²) >= 11 is 3.27. The molecule has 39 heavy (non-hydrogen) atoms. The van der Waals surface area contributed by atoms with E-state index in [1.54, 1.807) is 36.6 Å². The topological polar surface area (TPSA) is 116 Å². The first-order valence-electron chi connectivity index (χ1n) is 12.2. The number of esters is 1. The summed E-state index contributed by atoms with van der Waals surface area (Å²) in [4.78, 5) is 42.9. The average molecular weight is 663 g/mol. The summed E-state index contributed by atoms with van der Waals surface area (Å²) in [5, 5.41) is 9.01. The van der Waals surface area contributed by atoms with Crippen molar-refractivity contribution < 1.29 is 28.9 Å². The van der Waals surface area contributed by atoms with Gasteiger partial charge in [-0.15, -0.1) is 0 Å². The van der Waals surface area contributed by atoms with Crippen molar-refractivity contribution in [3.8, 4) is 11.5 Å². The van der Waals surface area contributed by atoms with Crippen molar-refractivity contribution in [3.63, 3.8) is 0 Å². The Kier molecular flexibility index (Phi) is 8.90. The van der Waals surface area contributed by atoms with Gasteiger partial charge < -0.3 is 19.3 Å². The molecule has 1 atom stereocenters. The van der Waals surface area contributed by atoms with Gasteiger partial charge in [0.15, 0.2) is 22.9 Å². The molecule has 0 amide bonds. The Balaban J connectivity index is 1.88. The molecule has 0 spiro atoms. The number of benzene rings is 2. The van der Waals surface area contributed by atoms with Crippen molar-refractivity contribution >= 4 is 51.9 Å². The van der Waals surface area contributed by atoms with Crippen LogP contribution in [-0.4, -0.2) is 41.4 Å². The maximum absolute atomic E-state index is 13.8. The van der Waals surface area contributed by atoms with Gasteiger partial charge in [0.25, 0.3) is 5.56 Å². The normalized spacial score (nSPS) is 15.0. The molecular weight excluding hydrogens is 635 g/mol. The number of aromatic nitrogens is 1. The molecule has 1 aliphatic rings. The van der Waals surface area contributed by atoms with Gasteiger partial charge in [0.2, 0.25) is 0 Å². The number of carboxylic acids is 1. The third-order valence-corrected chi connectivity index (χ3v) is 7.66. The smallest absolute Gasteiger partial charge is 0.341 e. The molecule has 0 radical (unpaired) electrons. The summed E-state index contributed by atoms with van der Waals surface area (Å²) < 4.78 is 19.1. The third kappa shape index (κ3) is 6.09. The quantitative estimate of drug-likeness (QED) is 0.275. The second-order valence-corrected chi connectivity index (χ2v) is 10.8. The Hall–Kier alpha value is -3.45. The van der Waals surface area contributed by atoms with Crippen LogP contribution in [0.1, 0.15) is 43.5 Å². The SMILES string of the molecule is CCOC(=O)C1=C(C)N=c2s/c(=C/c3cc(I)c(OCC(=O)O)c(OCC)c3)c(=O)n2[C@H]1c1ccc(C)cc1. The molecule has 3 aromatic rings. The fourth-order valence-corrected chi connectivity index (χ4v) is 6.04. The van der Waals surface area contributed by atoms with Gasteiger partial charge >= 0.3 is 11.9 Å². The second-order valence-electron chi connectivity index (χ2n) is 8.66.